The minimum atomic E-state index is -2.61. The summed E-state index contributed by atoms with van der Waals surface area (Å²) < 4.78 is 45.4. The van der Waals surface area contributed by atoms with Gasteiger partial charge in [-0.1, -0.05) is 17.7 Å². The molecule has 0 saturated carbocycles. The van der Waals surface area contributed by atoms with Crippen LogP contribution in [0.4, 0.5) is 13.2 Å². The van der Waals surface area contributed by atoms with Crippen molar-refractivity contribution in [3.63, 3.8) is 0 Å². The predicted molar refractivity (Wildman–Crippen MR) is 78.9 cm³/mol. The third-order valence-electron chi connectivity index (χ3n) is 3.78. The van der Waals surface area contributed by atoms with Gasteiger partial charge < -0.3 is 4.74 Å². The van der Waals surface area contributed by atoms with E-state index in [2.05, 4.69) is 4.98 Å². The summed E-state index contributed by atoms with van der Waals surface area (Å²) in [5.41, 5.74) is 0.690. The predicted octanol–water partition coefficient (Wildman–Crippen LogP) is 3.64. The van der Waals surface area contributed by atoms with Crippen LogP contribution in [0.5, 0.6) is 0 Å². The largest absolute Gasteiger partial charge is 0.371 e. The number of rotatable bonds is 4. The van der Waals surface area contributed by atoms with E-state index in [0.29, 0.717) is 36.1 Å². The Morgan fingerprint density at radius 3 is 2.96 bits per heavy atom. The minimum Gasteiger partial charge on any atom is -0.371 e. The Labute approximate surface area is 136 Å². The number of halogens is 4. The van der Waals surface area contributed by atoms with Crippen molar-refractivity contribution in [2.75, 3.05) is 19.7 Å². The molecule has 1 aliphatic heterocycles. The van der Waals surface area contributed by atoms with Gasteiger partial charge in [-0.05, 0) is 12.1 Å². The highest BCUT2D eigenvalue weighted by Crippen LogP contribution is 2.29. The standard InChI is InChI=1S/C15H15ClF3N3O/c16-12-7-10(17)1-2-11(12)13-8-21(5-6-23-13)9-14-20-3-4-22(14)15(18)19/h1-4,7,13,15H,5-6,8-9H2/t13-/m1/s1. The number of imidazole rings is 1. The van der Waals surface area contributed by atoms with Gasteiger partial charge in [0.2, 0.25) is 0 Å². The molecule has 0 spiro atoms. The quantitative estimate of drug-likeness (QED) is 0.847. The molecule has 4 nitrogen and oxygen atoms in total. The lowest BCUT2D eigenvalue weighted by Crippen LogP contribution is -2.38. The van der Waals surface area contributed by atoms with Crippen molar-refractivity contribution in [3.8, 4) is 0 Å². The molecule has 1 aromatic carbocycles. The number of hydrogen-bond acceptors (Lipinski definition) is 3. The third kappa shape index (κ3) is 3.68. The van der Waals surface area contributed by atoms with Gasteiger partial charge >= 0.3 is 6.55 Å². The maximum absolute atomic E-state index is 13.1. The molecule has 3 rings (SSSR count). The van der Waals surface area contributed by atoms with Gasteiger partial charge in [0.1, 0.15) is 11.6 Å². The zero-order valence-electron chi connectivity index (χ0n) is 12.1. The Bertz CT molecular complexity index is 680. The topological polar surface area (TPSA) is 30.3 Å². The van der Waals surface area contributed by atoms with Crippen molar-refractivity contribution in [3.05, 3.63) is 52.8 Å². The number of hydrogen-bond donors (Lipinski definition) is 0. The molecule has 0 radical (unpaired) electrons. The molecule has 0 N–H and O–H groups in total. The minimum absolute atomic E-state index is 0.288. The Kier molecular flexibility index (Phi) is 4.89. The van der Waals surface area contributed by atoms with Gasteiger partial charge in [0.25, 0.3) is 0 Å². The summed E-state index contributed by atoms with van der Waals surface area (Å²) in [7, 11) is 0. The van der Waals surface area contributed by atoms with Crippen molar-refractivity contribution in [1.29, 1.82) is 0 Å². The molecule has 23 heavy (non-hydrogen) atoms. The number of benzene rings is 1. The van der Waals surface area contributed by atoms with Crippen LogP contribution in [-0.2, 0) is 11.3 Å². The van der Waals surface area contributed by atoms with E-state index >= 15 is 0 Å². The maximum Gasteiger partial charge on any atom is 0.319 e. The fourth-order valence-electron chi connectivity index (χ4n) is 2.64. The summed E-state index contributed by atoms with van der Waals surface area (Å²) in [4.78, 5) is 5.95. The van der Waals surface area contributed by atoms with Crippen LogP contribution in [0.25, 0.3) is 0 Å². The second-order valence-corrected chi connectivity index (χ2v) is 5.70. The molecule has 8 heteroatoms. The van der Waals surface area contributed by atoms with E-state index in [4.69, 9.17) is 16.3 Å². The first kappa shape index (κ1) is 16.3. The van der Waals surface area contributed by atoms with E-state index < -0.39 is 12.4 Å². The second-order valence-electron chi connectivity index (χ2n) is 5.29. The molecule has 2 heterocycles. The van der Waals surface area contributed by atoms with Gasteiger partial charge in [-0.2, -0.15) is 8.78 Å². The third-order valence-corrected chi connectivity index (χ3v) is 4.11. The van der Waals surface area contributed by atoms with E-state index in [0.717, 1.165) is 4.57 Å². The van der Waals surface area contributed by atoms with Crippen LogP contribution in [0.2, 0.25) is 5.02 Å². The first-order valence-corrected chi connectivity index (χ1v) is 7.51. The molecule has 0 bridgehead atoms. The lowest BCUT2D eigenvalue weighted by molar-refractivity contribution is -0.0352. The highest BCUT2D eigenvalue weighted by atomic mass is 35.5. The zero-order chi connectivity index (χ0) is 16.4. The molecule has 0 amide bonds. The molecule has 1 saturated heterocycles. The van der Waals surface area contributed by atoms with Crippen molar-refractivity contribution in [2.45, 2.75) is 19.2 Å². The normalized spacial score (nSPS) is 19.4. The number of ether oxygens (including phenoxy) is 1. The SMILES string of the molecule is Fc1ccc([C@H]2CN(Cc3nccn3C(F)F)CCO2)c(Cl)c1. The average Bonchev–Trinajstić information content (AvgIpc) is 2.96. The van der Waals surface area contributed by atoms with E-state index in [1.54, 1.807) is 6.07 Å². The highest BCUT2D eigenvalue weighted by molar-refractivity contribution is 6.31. The molecular weight excluding hydrogens is 331 g/mol. The molecule has 2 aromatic rings. The lowest BCUT2D eigenvalue weighted by Gasteiger charge is -2.33. The van der Waals surface area contributed by atoms with Crippen molar-refractivity contribution in [1.82, 2.24) is 14.5 Å². The first-order valence-electron chi connectivity index (χ1n) is 7.13. The number of aromatic nitrogens is 2. The Morgan fingerprint density at radius 1 is 1.39 bits per heavy atom. The molecule has 1 atom stereocenters. The maximum atomic E-state index is 13.1. The zero-order valence-corrected chi connectivity index (χ0v) is 12.9. The van der Waals surface area contributed by atoms with Gasteiger partial charge in [0.05, 0.1) is 19.3 Å². The molecule has 124 valence electrons. The van der Waals surface area contributed by atoms with Crippen LogP contribution in [0, 0.1) is 5.82 Å². The van der Waals surface area contributed by atoms with Crippen LogP contribution in [0.15, 0.2) is 30.6 Å². The number of nitrogens with zero attached hydrogens (tertiary/aromatic N) is 3. The summed E-state index contributed by atoms with van der Waals surface area (Å²) in [6.07, 6.45) is 2.29. The fraction of sp³-hybridized carbons (Fsp3) is 0.400. The van der Waals surface area contributed by atoms with Gasteiger partial charge in [-0.25, -0.2) is 9.37 Å². The van der Waals surface area contributed by atoms with Crippen LogP contribution in [-0.4, -0.2) is 34.1 Å². The molecule has 1 fully saturated rings. The fourth-order valence-corrected chi connectivity index (χ4v) is 2.93. The van der Waals surface area contributed by atoms with Crippen LogP contribution < -0.4 is 0 Å². The van der Waals surface area contributed by atoms with Gasteiger partial charge in [-0.3, -0.25) is 9.47 Å². The summed E-state index contributed by atoms with van der Waals surface area (Å²) in [5.74, 6) is -0.115. The summed E-state index contributed by atoms with van der Waals surface area (Å²) in [6.45, 7) is -0.813. The Hall–Kier alpha value is -1.57. The van der Waals surface area contributed by atoms with E-state index in [-0.39, 0.29) is 12.6 Å². The van der Waals surface area contributed by atoms with Crippen LogP contribution in [0.1, 0.15) is 24.0 Å². The molecule has 1 aliphatic rings. The first-order chi connectivity index (χ1) is 11.0. The number of morpholine rings is 1. The van der Waals surface area contributed by atoms with Gasteiger partial charge in [0.15, 0.2) is 0 Å². The molecule has 1 aromatic heterocycles. The van der Waals surface area contributed by atoms with Gasteiger partial charge in [0, 0.05) is 36.1 Å². The second kappa shape index (κ2) is 6.90. The molecule has 0 unspecified atom stereocenters. The van der Waals surface area contributed by atoms with Gasteiger partial charge in [-0.15, -0.1) is 0 Å². The van der Waals surface area contributed by atoms with Crippen LogP contribution in [0.3, 0.4) is 0 Å². The number of alkyl halides is 2. The smallest absolute Gasteiger partial charge is 0.319 e. The van der Waals surface area contributed by atoms with Crippen LogP contribution >= 0.6 is 11.6 Å². The Balaban J connectivity index is 1.72. The lowest BCUT2D eigenvalue weighted by atomic mass is 10.1. The van der Waals surface area contributed by atoms with Crippen molar-refractivity contribution in [2.24, 2.45) is 0 Å². The van der Waals surface area contributed by atoms with E-state index in [9.17, 15) is 13.2 Å². The molecular formula is C15H15ClF3N3O. The highest BCUT2D eigenvalue weighted by Gasteiger charge is 2.25. The molecule has 0 aliphatic carbocycles. The summed E-state index contributed by atoms with van der Waals surface area (Å²) in [5, 5.41) is 0.297. The van der Waals surface area contributed by atoms with E-state index in [1.807, 2.05) is 4.90 Å². The Morgan fingerprint density at radius 2 is 2.22 bits per heavy atom. The summed E-state index contributed by atoms with van der Waals surface area (Å²) in [6, 6.07) is 4.15. The average molecular weight is 346 g/mol. The summed E-state index contributed by atoms with van der Waals surface area (Å²) >= 11 is 6.07. The monoisotopic (exact) mass is 345 g/mol. The van der Waals surface area contributed by atoms with Crippen molar-refractivity contribution < 1.29 is 17.9 Å². The van der Waals surface area contributed by atoms with Crippen molar-refractivity contribution >= 4 is 11.6 Å². The van der Waals surface area contributed by atoms with E-state index in [1.165, 1.54) is 24.5 Å².